The predicted molar refractivity (Wildman–Crippen MR) is 78.5 cm³/mol. The van der Waals surface area contributed by atoms with Crippen molar-refractivity contribution in [3.8, 4) is 5.75 Å². The normalized spacial score (nSPS) is 11.4. The smallest absolute Gasteiger partial charge is 0.142 e. The molecule has 1 aromatic carbocycles. The highest BCUT2D eigenvalue weighted by Gasteiger charge is 2.12. The summed E-state index contributed by atoms with van der Waals surface area (Å²) in [4.78, 5) is 2.23. The molecule has 0 saturated heterocycles. The highest BCUT2D eigenvalue weighted by Crippen LogP contribution is 2.28. The molecule has 0 fully saturated rings. The lowest BCUT2D eigenvalue weighted by Crippen LogP contribution is -2.33. The Morgan fingerprint density at radius 2 is 2.00 bits per heavy atom. The van der Waals surface area contributed by atoms with Gasteiger partial charge in [0.05, 0.1) is 12.8 Å². The van der Waals surface area contributed by atoms with E-state index in [1.165, 1.54) is 5.56 Å². The van der Waals surface area contributed by atoms with Crippen LogP contribution in [-0.4, -0.2) is 26.2 Å². The highest BCUT2D eigenvalue weighted by molar-refractivity contribution is 5.59. The Balaban J connectivity index is 2.66. The zero-order valence-electron chi connectivity index (χ0n) is 12.3. The van der Waals surface area contributed by atoms with Gasteiger partial charge in [0, 0.05) is 19.1 Å². The van der Waals surface area contributed by atoms with Crippen molar-refractivity contribution >= 4 is 5.69 Å². The highest BCUT2D eigenvalue weighted by atomic mass is 16.5. The van der Waals surface area contributed by atoms with Gasteiger partial charge in [0.1, 0.15) is 5.75 Å². The van der Waals surface area contributed by atoms with E-state index in [9.17, 15) is 0 Å². The van der Waals surface area contributed by atoms with Crippen LogP contribution >= 0.6 is 0 Å². The third-order valence-electron chi connectivity index (χ3n) is 3.06. The fourth-order valence-electron chi connectivity index (χ4n) is 1.99. The van der Waals surface area contributed by atoms with Crippen LogP contribution in [0.3, 0.4) is 0 Å². The van der Waals surface area contributed by atoms with E-state index in [4.69, 9.17) is 10.5 Å². The number of benzene rings is 1. The van der Waals surface area contributed by atoms with E-state index in [0.29, 0.717) is 0 Å². The first-order valence-electron chi connectivity index (χ1n) is 6.48. The van der Waals surface area contributed by atoms with Crippen LogP contribution in [0.25, 0.3) is 0 Å². The molecule has 18 heavy (non-hydrogen) atoms. The number of ether oxygens (including phenoxy) is 1. The van der Waals surface area contributed by atoms with Gasteiger partial charge in [-0.15, -0.1) is 0 Å². The molecule has 0 aliphatic rings. The molecule has 2 N–H and O–H groups in total. The maximum Gasteiger partial charge on any atom is 0.142 e. The first-order valence-corrected chi connectivity index (χ1v) is 6.48. The number of nitrogens with two attached hydrogens (primary N) is 1. The summed E-state index contributed by atoms with van der Waals surface area (Å²) >= 11 is 0. The number of rotatable bonds is 6. The standard InChI is InChI=1S/C15H26N2O/c1-12-7-8-14(18-5)13(11-12)17(4)10-6-9-15(2,3)16/h7-8,11H,6,9-10,16H2,1-5H3. The zero-order valence-corrected chi connectivity index (χ0v) is 12.3. The van der Waals surface area contributed by atoms with E-state index < -0.39 is 0 Å². The molecule has 0 aliphatic heterocycles. The lowest BCUT2D eigenvalue weighted by Gasteiger charge is -2.24. The van der Waals surface area contributed by atoms with Crippen LogP contribution in [0.1, 0.15) is 32.3 Å². The van der Waals surface area contributed by atoms with Crippen molar-refractivity contribution in [1.29, 1.82) is 0 Å². The average molecular weight is 250 g/mol. The molecule has 0 bridgehead atoms. The van der Waals surface area contributed by atoms with Crippen LogP contribution in [0.2, 0.25) is 0 Å². The first-order chi connectivity index (χ1) is 8.33. The summed E-state index contributed by atoms with van der Waals surface area (Å²) in [5.74, 6) is 0.926. The van der Waals surface area contributed by atoms with Gasteiger partial charge in [0.2, 0.25) is 0 Å². The van der Waals surface area contributed by atoms with E-state index in [2.05, 4.69) is 44.9 Å². The quantitative estimate of drug-likeness (QED) is 0.843. The zero-order chi connectivity index (χ0) is 13.8. The van der Waals surface area contributed by atoms with E-state index in [-0.39, 0.29) is 5.54 Å². The molecule has 0 aromatic heterocycles. The summed E-state index contributed by atoms with van der Waals surface area (Å²) in [5.41, 5.74) is 8.30. The van der Waals surface area contributed by atoms with Gasteiger partial charge in [-0.1, -0.05) is 6.07 Å². The fourth-order valence-corrected chi connectivity index (χ4v) is 1.99. The lowest BCUT2D eigenvalue weighted by molar-refractivity contribution is 0.414. The minimum absolute atomic E-state index is 0.0858. The Morgan fingerprint density at radius 1 is 1.33 bits per heavy atom. The molecule has 0 spiro atoms. The van der Waals surface area contributed by atoms with Crippen LogP contribution in [0.4, 0.5) is 5.69 Å². The van der Waals surface area contributed by atoms with Gasteiger partial charge in [-0.2, -0.15) is 0 Å². The maximum absolute atomic E-state index is 6.00. The lowest BCUT2D eigenvalue weighted by atomic mass is 10.00. The molecule has 0 atom stereocenters. The van der Waals surface area contributed by atoms with Crippen molar-refractivity contribution in [1.82, 2.24) is 0 Å². The minimum Gasteiger partial charge on any atom is -0.495 e. The summed E-state index contributed by atoms with van der Waals surface area (Å²) in [7, 11) is 3.81. The summed E-state index contributed by atoms with van der Waals surface area (Å²) in [5, 5.41) is 0. The Labute approximate surface area is 111 Å². The third-order valence-corrected chi connectivity index (χ3v) is 3.06. The Morgan fingerprint density at radius 3 is 2.56 bits per heavy atom. The second kappa shape index (κ2) is 6.10. The molecular weight excluding hydrogens is 224 g/mol. The number of hydrogen-bond acceptors (Lipinski definition) is 3. The van der Waals surface area contributed by atoms with Crippen molar-refractivity contribution in [2.45, 2.75) is 39.2 Å². The topological polar surface area (TPSA) is 38.5 Å². The summed E-state index contributed by atoms with van der Waals surface area (Å²) < 4.78 is 5.40. The molecule has 3 heteroatoms. The Hall–Kier alpha value is -1.22. The van der Waals surface area contributed by atoms with E-state index in [0.717, 1.165) is 30.8 Å². The van der Waals surface area contributed by atoms with E-state index in [1.807, 2.05) is 6.07 Å². The minimum atomic E-state index is -0.0858. The molecule has 0 unspecified atom stereocenters. The molecule has 0 aliphatic carbocycles. The number of methoxy groups -OCH3 is 1. The van der Waals surface area contributed by atoms with Crippen molar-refractivity contribution in [3.05, 3.63) is 23.8 Å². The van der Waals surface area contributed by atoms with Gasteiger partial charge in [0.15, 0.2) is 0 Å². The Kier molecular flexibility index (Phi) is 5.03. The van der Waals surface area contributed by atoms with Gasteiger partial charge in [-0.05, 0) is 51.3 Å². The number of hydrogen-bond donors (Lipinski definition) is 1. The second-order valence-electron chi connectivity index (χ2n) is 5.69. The van der Waals surface area contributed by atoms with Gasteiger partial charge in [0.25, 0.3) is 0 Å². The summed E-state index contributed by atoms with van der Waals surface area (Å²) in [6.45, 7) is 7.22. The van der Waals surface area contributed by atoms with Gasteiger partial charge in [-0.25, -0.2) is 0 Å². The average Bonchev–Trinajstić information content (AvgIpc) is 2.27. The fraction of sp³-hybridized carbons (Fsp3) is 0.600. The summed E-state index contributed by atoms with van der Waals surface area (Å²) in [6.07, 6.45) is 2.10. The first kappa shape index (κ1) is 14.8. The monoisotopic (exact) mass is 250 g/mol. The van der Waals surface area contributed by atoms with E-state index >= 15 is 0 Å². The van der Waals surface area contributed by atoms with Crippen LogP contribution in [0, 0.1) is 6.92 Å². The maximum atomic E-state index is 6.00. The SMILES string of the molecule is COc1ccc(C)cc1N(C)CCCC(C)(C)N. The van der Waals surface area contributed by atoms with Crippen molar-refractivity contribution < 1.29 is 4.74 Å². The van der Waals surface area contributed by atoms with Crippen LogP contribution in [0.5, 0.6) is 5.75 Å². The molecule has 0 radical (unpaired) electrons. The largest absolute Gasteiger partial charge is 0.495 e. The molecule has 1 aromatic rings. The number of aryl methyl sites for hydroxylation is 1. The summed E-state index contributed by atoms with van der Waals surface area (Å²) in [6, 6.07) is 6.25. The molecule has 0 heterocycles. The molecule has 3 nitrogen and oxygen atoms in total. The van der Waals surface area contributed by atoms with E-state index in [1.54, 1.807) is 7.11 Å². The molecule has 102 valence electrons. The van der Waals surface area contributed by atoms with Gasteiger partial charge in [-0.3, -0.25) is 0 Å². The molecule has 0 saturated carbocycles. The van der Waals surface area contributed by atoms with Crippen molar-refractivity contribution in [2.24, 2.45) is 5.73 Å². The number of nitrogens with zero attached hydrogens (tertiary/aromatic N) is 1. The van der Waals surface area contributed by atoms with Crippen LogP contribution in [-0.2, 0) is 0 Å². The molecular formula is C15H26N2O. The third kappa shape index (κ3) is 4.57. The predicted octanol–water partition coefficient (Wildman–Crippen LogP) is 2.96. The molecule has 0 amide bonds. The van der Waals surface area contributed by atoms with Gasteiger partial charge >= 0.3 is 0 Å². The molecule has 1 rings (SSSR count). The second-order valence-corrected chi connectivity index (χ2v) is 5.69. The van der Waals surface area contributed by atoms with Crippen molar-refractivity contribution in [2.75, 3.05) is 25.6 Å². The Bertz CT molecular complexity index is 383. The van der Waals surface area contributed by atoms with Crippen LogP contribution in [0.15, 0.2) is 18.2 Å². The van der Waals surface area contributed by atoms with Crippen LogP contribution < -0.4 is 15.4 Å². The number of anilines is 1. The van der Waals surface area contributed by atoms with Gasteiger partial charge < -0.3 is 15.4 Å². The van der Waals surface area contributed by atoms with Crippen molar-refractivity contribution in [3.63, 3.8) is 0 Å².